The second-order valence-electron chi connectivity index (χ2n) is 5.77. The molecule has 2 rings (SSSR count). The normalized spacial score (nSPS) is 14.1. The van der Waals surface area contributed by atoms with E-state index in [1.165, 1.54) is 0 Å². The van der Waals surface area contributed by atoms with Gasteiger partial charge >= 0.3 is 5.97 Å². The Balaban J connectivity index is 2.40. The van der Waals surface area contributed by atoms with Crippen LogP contribution in [0.15, 0.2) is 36.4 Å². The Morgan fingerprint density at radius 1 is 1.24 bits per heavy atom. The first kappa shape index (κ1) is 15.3. The first-order chi connectivity index (χ1) is 9.83. The molecule has 0 aliphatic heterocycles. The third kappa shape index (κ3) is 3.16. The number of carboxylic acid groups (broad SMARTS) is 1. The molecule has 0 saturated carbocycles. The smallest absolute Gasteiger partial charge is 0.340 e. The molecule has 0 bridgehead atoms. The predicted octanol–water partition coefficient (Wildman–Crippen LogP) is 3.32. The summed E-state index contributed by atoms with van der Waals surface area (Å²) in [5.41, 5.74) is -0.880. The molecule has 1 atom stereocenters. The van der Waals surface area contributed by atoms with Gasteiger partial charge in [-0.1, -0.05) is 44.2 Å². The van der Waals surface area contributed by atoms with E-state index in [2.05, 4.69) is 0 Å². The van der Waals surface area contributed by atoms with Crippen LogP contribution in [0.4, 0.5) is 0 Å². The van der Waals surface area contributed by atoms with Crippen molar-refractivity contribution in [3.8, 4) is 5.75 Å². The second-order valence-corrected chi connectivity index (χ2v) is 5.77. The van der Waals surface area contributed by atoms with Gasteiger partial charge in [-0.25, -0.2) is 4.79 Å². The highest BCUT2D eigenvalue weighted by Crippen LogP contribution is 2.29. The number of benzene rings is 2. The summed E-state index contributed by atoms with van der Waals surface area (Å²) < 4.78 is 5.60. The number of carbonyl (C=O) groups is 1. The van der Waals surface area contributed by atoms with E-state index in [-0.39, 0.29) is 23.8 Å². The number of fused-ring (bicyclic) bond motifs is 1. The Kier molecular flexibility index (Phi) is 4.19. The van der Waals surface area contributed by atoms with Crippen molar-refractivity contribution < 1.29 is 19.7 Å². The summed E-state index contributed by atoms with van der Waals surface area (Å²) in [6.45, 7) is 5.51. The standard InChI is InChI=1S/C17H20O4/c1-11(2)17(3,20)10-21-14-9-8-12-6-4-5-7-13(12)15(14)16(18)19/h4-9,11,20H,10H2,1-3H3,(H,18,19). The molecule has 0 fully saturated rings. The summed E-state index contributed by atoms with van der Waals surface area (Å²) in [4.78, 5) is 11.6. The molecule has 4 heteroatoms. The third-order valence-electron chi connectivity index (χ3n) is 3.87. The molecular weight excluding hydrogens is 268 g/mol. The first-order valence-electron chi connectivity index (χ1n) is 6.93. The number of hydrogen-bond acceptors (Lipinski definition) is 3. The molecular formula is C17H20O4. The highest BCUT2D eigenvalue weighted by molar-refractivity contribution is 6.06. The Hall–Kier alpha value is -2.07. The van der Waals surface area contributed by atoms with Gasteiger partial charge in [0.15, 0.2) is 0 Å². The van der Waals surface area contributed by atoms with E-state index in [9.17, 15) is 15.0 Å². The number of hydrogen-bond donors (Lipinski definition) is 2. The molecule has 21 heavy (non-hydrogen) atoms. The van der Waals surface area contributed by atoms with Crippen LogP contribution < -0.4 is 4.74 Å². The quantitative estimate of drug-likeness (QED) is 0.885. The molecule has 0 aromatic heterocycles. The molecule has 0 heterocycles. The Morgan fingerprint density at radius 3 is 2.52 bits per heavy atom. The fourth-order valence-corrected chi connectivity index (χ4v) is 1.98. The lowest BCUT2D eigenvalue weighted by atomic mass is 9.93. The van der Waals surface area contributed by atoms with Gasteiger partial charge in [-0.15, -0.1) is 0 Å². The van der Waals surface area contributed by atoms with E-state index in [1.807, 2.05) is 32.0 Å². The molecule has 4 nitrogen and oxygen atoms in total. The van der Waals surface area contributed by atoms with Crippen LogP contribution in [0.5, 0.6) is 5.75 Å². The minimum atomic E-state index is -1.04. The summed E-state index contributed by atoms with van der Waals surface area (Å²) in [6.07, 6.45) is 0. The van der Waals surface area contributed by atoms with Gasteiger partial charge in [-0.3, -0.25) is 0 Å². The lowest BCUT2D eigenvalue weighted by molar-refractivity contribution is -0.0269. The lowest BCUT2D eigenvalue weighted by Gasteiger charge is -2.27. The van der Waals surface area contributed by atoms with Crippen LogP contribution in [-0.4, -0.2) is 28.4 Å². The van der Waals surface area contributed by atoms with Crippen molar-refractivity contribution in [1.82, 2.24) is 0 Å². The van der Waals surface area contributed by atoms with Crippen molar-refractivity contribution >= 4 is 16.7 Å². The molecule has 2 N–H and O–H groups in total. The number of carboxylic acids is 1. The van der Waals surface area contributed by atoms with E-state index in [1.54, 1.807) is 25.1 Å². The Labute approximate surface area is 124 Å². The van der Waals surface area contributed by atoms with Gasteiger partial charge in [0.05, 0.1) is 5.60 Å². The highest BCUT2D eigenvalue weighted by Gasteiger charge is 2.27. The average Bonchev–Trinajstić information content (AvgIpc) is 2.43. The molecule has 0 saturated heterocycles. The maximum Gasteiger partial charge on any atom is 0.340 e. The summed E-state index contributed by atoms with van der Waals surface area (Å²) >= 11 is 0. The monoisotopic (exact) mass is 288 g/mol. The van der Waals surface area contributed by atoms with Gasteiger partial charge in [0, 0.05) is 0 Å². The van der Waals surface area contributed by atoms with Crippen LogP contribution in [0, 0.1) is 5.92 Å². The van der Waals surface area contributed by atoms with Crippen LogP contribution >= 0.6 is 0 Å². The van der Waals surface area contributed by atoms with Gasteiger partial charge in [0.25, 0.3) is 0 Å². The molecule has 0 spiro atoms. The topological polar surface area (TPSA) is 66.8 Å². The van der Waals surface area contributed by atoms with E-state index in [4.69, 9.17) is 4.74 Å². The van der Waals surface area contributed by atoms with Gasteiger partial charge in [-0.05, 0) is 29.7 Å². The van der Waals surface area contributed by atoms with Crippen molar-refractivity contribution in [3.63, 3.8) is 0 Å². The molecule has 2 aromatic carbocycles. The van der Waals surface area contributed by atoms with Gasteiger partial charge in [0.2, 0.25) is 0 Å². The summed E-state index contributed by atoms with van der Waals surface area (Å²) in [6, 6.07) is 10.7. The average molecular weight is 288 g/mol. The van der Waals surface area contributed by atoms with E-state index >= 15 is 0 Å². The Bertz CT molecular complexity index is 659. The minimum Gasteiger partial charge on any atom is -0.490 e. The fraction of sp³-hybridized carbons (Fsp3) is 0.353. The second kappa shape index (κ2) is 5.74. The number of aromatic carboxylic acids is 1. The van der Waals surface area contributed by atoms with Crippen LogP contribution in [-0.2, 0) is 0 Å². The fourth-order valence-electron chi connectivity index (χ4n) is 1.98. The van der Waals surface area contributed by atoms with Crippen LogP contribution in [0.3, 0.4) is 0 Å². The zero-order valence-corrected chi connectivity index (χ0v) is 12.5. The van der Waals surface area contributed by atoms with E-state index in [0.29, 0.717) is 5.39 Å². The largest absolute Gasteiger partial charge is 0.490 e. The summed E-state index contributed by atoms with van der Waals surface area (Å²) in [5.74, 6) is -0.751. The maximum absolute atomic E-state index is 11.6. The first-order valence-corrected chi connectivity index (χ1v) is 6.93. The molecule has 0 radical (unpaired) electrons. The van der Waals surface area contributed by atoms with Crippen LogP contribution in [0.2, 0.25) is 0 Å². The minimum absolute atomic E-state index is 0.00577. The van der Waals surface area contributed by atoms with E-state index in [0.717, 1.165) is 5.39 Å². The molecule has 1 unspecified atom stereocenters. The highest BCUT2D eigenvalue weighted by atomic mass is 16.5. The molecule has 0 amide bonds. The van der Waals surface area contributed by atoms with Crippen LogP contribution in [0.25, 0.3) is 10.8 Å². The number of aliphatic hydroxyl groups is 1. The van der Waals surface area contributed by atoms with Gasteiger partial charge < -0.3 is 14.9 Å². The summed E-state index contributed by atoms with van der Waals surface area (Å²) in [7, 11) is 0. The summed E-state index contributed by atoms with van der Waals surface area (Å²) in [5, 5.41) is 21.2. The molecule has 0 aliphatic rings. The zero-order valence-electron chi connectivity index (χ0n) is 12.5. The predicted molar refractivity (Wildman–Crippen MR) is 81.9 cm³/mol. The van der Waals surface area contributed by atoms with Crippen molar-refractivity contribution in [2.45, 2.75) is 26.4 Å². The number of rotatable bonds is 5. The van der Waals surface area contributed by atoms with Crippen molar-refractivity contribution in [2.24, 2.45) is 5.92 Å². The Morgan fingerprint density at radius 2 is 1.90 bits per heavy atom. The van der Waals surface area contributed by atoms with Crippen LogP contribution in [0.1, 0.15) is 31.1 Å². The third-order valence-corrected chi connectivity index (χ3v) is 3.87. The zero-order chi connectivity index (χ0) is 15.6. The van der Waals surface area contributed by atoms with Crippen molar-refractivity contribution in [2.75, 3.05) is 6.61 Å². The van der Waals surface area contributed by atoms with Gasteiger partial charge in [-0.2, -0.15) is 0 Å². The van der Waals surface area contributed by atoms with E-state index < -0.39 is 11.6 Å². The van der Waals surface area contributed by atoms with Crippen molar-refractivity contribution in [1.29, 1.82) is 0 Å². The molecule has 0 aliphatic carbocycles. The van der Waals surface area contributed by atoms with Crippen molar-refractivity contribution in [3.05, 3.63) is 42.0 Å². The number of ether oxygens (including phenoxy) is 1. The lowest BCUT2D eigenvalue weighted by Crippen LogP contribution is -2.38. The molecule has 2 aromatic rings. The molecule has 112 valence electrons. The maximum atomic E-state index is 11.6. The SMILES string of the molecule is CC(C)C(C)(O)COc1ccc2ccccc2c1C(=O)O. The van der Waals surface area contributed by atoms with Gasteiger partial charge in [0.1, 0.15) is 17.9 Å².